The Morgan fingerprint density at radius 3 is 3.11 bits per heavy atom. The Hall–Kier alpha value is -0.910. The van der Waals surface area contributed by atoms with Crippen LogP contribution < -0.4 is 10.6 Å². The number of carbonyl (C=O) groups excluding carboxylic acids is 1. The van der Waals surface area contributed by atoms with Gasteiger partial charge in [-0.25, -0.2) is 0 Å². The SMILES string of the molecule is O=C(CNCC1CCOC1)Nc1cccc(Br)c1. The van der Waals surface area contributed by atoms with Gasteiger partial charge in [-0.1, -0.05) is 22.0 Å². The number of rotatable bonds is 5. The van der Waals surface area contributed by atoms with Crippen LogP contribution in [-0.2, 0) is 9.53 Å². The third-order valence-electron chi connectivity index (χ3n) is 2.85. The van der Waals surface area contributed by atoms with Crippen LogP contribution >= 0.6 is 15.9 Å². The fraction of sp³-hybridized carbons (Fsp3) is 0.462. The van der Waals surface area contributed by atoms with Gasteiger partial charge in [-0.05, 0) is 30.5 Å². The summed E-state index contributed by atoms with van der Waals surface area (Å²) in [5.41, 5.74) is 0.806. The summed E-state index contributed by atoms with van der Waals surface area (Å²) in [5.74, 6) is 0.524. The molecule has 1 unspecified atom stereocenters. The highest BCUT2D eigenvalue weighted by molar-refractivity contribution is 9.10. The monoisotopic (exact) mass is 312 g/mol. The summed E-state index contributed by atoms with van der Waals surface area (Å²) in [4.78, 5) is 11.7. The maximum Gasteiger partial charge on any atom is 0.238 e. The molecular weight excluding hydrogens is 296 g/mol. The van der Waals surface area contributed by atoms with Crippen molar-refractivity contribution >= 4 is 27.5 Å². The van der Waals surface area contributed by atoms with Crippen LogP contribution in [0.5, 0.6) is 0 Å². The second-order valence-corrected chi connectivity index (χ2v) is 5.33. The number of hydrogen-bond acceptors (Lipinski definition) is 3. The molecule has 1 aliphatic rings. The molecule has 4 nitrogen and oxygen atoms in total. The van der Waals surface area contributed by atoms with E-state index in [1.54, 1.807) is 0 Å². The fourth-order valence-corrected chi connectivity index (χ4v) is 2.30. The number of carbonyl (C=O) groups is 1. The third-order valence-corrected chi connectivity index (χ3v) is 3.34. The molecule has 18 heavy (non-hydrogen) atoms. The van der Waals surface area contributed by atoms with Crippen molar-refractivity contribution in [2.24, 2.45) is 5.92 Å². The van der Waals surface area contributed by atoms with E-state index in [1.807, 2.05) is 24.3 Å². The molecule has 1 amide bonds. The lowest BCUT2D eigenvalue weighted by Gasteiger charge is -2.09. The summed E-state index contributed by atoms with van der Waals surface area (Å²) in [5, 5.41) is 6.00. The molecule has 2 N–H and O–H groups in total. The summed E-state index contributed by atoms with van der Waals surface area (Å²) in [6.07, 6.45) is 1.08. The van der Waals surface area contributed by atoms with Gasteiger partial charge in [-0.15, -0.1) is 0 Å². The molecule has 1 fully saturated rings. The highest BCUT2D eigenvalue weighted by Gasteiger charge is 2.15. The lowest BCUT2D eigenvalue weighted by Crippen LogP contribution is -2.31. The number of ether oxygens (including phenoxy) is 1. The maximum atomic E-state index is 11.7. The van der Waals surface area contributed by atoms with E-state index in [2.05, 4.69) is 26.6 Å². The van der Waals surface area contributed by atoms with Gasteiger partial charge in [0.15, 0.2) is 0 Å². The van der Waals surface area contributed by atoms with Crippen molar-refractivity contribution in [2.75, 3.05) is 31.6 Å². The first-order valence-electron chi connectivity index (χ1n) is 6.08. The molecule has 1 aromatic rings. The molecule has 0 radical (unpaired) electrons. The average Bonchev–Trinajstić information content (AvgIpc) is 2.82. The molecule has 1 atom stereocenters. The van der Waals surface area contributed by atoms with Crippen LogP contribution in [-0.4, -0.2) is 32.2 Å². The second kappa shape index (κ2) is 6.87. The van der Waals surface area contributed by atoms with Gasteiger partial charge in [0.1, 0.15) is 0 Å². The summed E-state index contributed by atoms with van der Waals surface area (Å²) >= 11 is 3.37. The van der Waals surface area contributed by atoms with Gasteiger partial charge in [0, 0.05) is 23.3 Å². The van der Waals surface area contributed by atoms with Crippen molar-refractivity contribution in [3.05, 3.63) is 28.7 Å². The first kappa shape index (κ1) is 13.5. The molecule has 0 saturated carbocycles. The normalized spacial score (nSPS) is 18.8. The van der Waals surface area contributed by atoms with Crippen molar-refractivity contribution in [3.8, 4) is 0 Å². The van der Waals surface area contributed by atoms with Gasteiger partial charge in [0.05, 0.1) is 13.2 Å². The molecule has 1 heterocycles. The highest BCUT2D eigenvalue weighted by Crippen LogP contribution is 2.15. The second-order valence-electron chi connectivity index (χ2n) is 4.42. The lowest BCUT2D eigenvalue weighted by molar-refractivity contribution is -0.115. The minimum atomic E-state index is -0.0213. The molecule has 0 bridgehead atoms. The number of anilines is 1. The molecule has 1 saturated heterocycles. The van der Waals surface area contributed by atoms with Gasteiger partial charge in [0.25, 0.3) is 0 Å². The standard InChI is InChI=1S/C13H17BrN2O2/c14-11-2-1-3-12(6-11)16-13(17)8-15-7-10-4-5-18-9-10/h1-3,6,10,15H,4-5,7-9H2,(H,16,17). The molecule has 5 heteroatoms. The van der Waals surface area contributed by atoms with E-state index >= 15 is 0 Å². The first-order chi connectivity index (χ1) is 8.74. The molecule has 2 rings (SSSR count). The van der Waals surface area contributed by atoms with Crippen LogP contribution in [0, 0.1) is 5.92 Å². The number of hydrogen-bond donors (Lipinski definition) is 2. The maximum absolute atomic E-state index is 11.7. The van der Waals surface area contributed by atoms with Crippen LogP contribution in [0.3, 0.4) is 0 Å². The Kier molecular flexibility index (Phi) is 5.16. The number of halogens is 1. The first-order valence-corrected chi connectivity index (χ1v) is 6.87. The van der Waals surface area contributed by atoms with Crippen molar-refractivity contribution in [3.63, 3.8) is 0 Å². The number of amides is 1. The Bertz CT molecular complexity index is 406. The summed E-state index contributed by atoms with van der Waals surface area (Å²) in [6.45, 7) is 2.83. The zero-order valence-electron chi connectivity index (χ0n) is 10.1. The van der Waals surface area contributed by atoms with Gasteiger partial charge in [-0.3, -0.25) is 4.79 Å². The zero-order valence-corrected chi connectivity index (χ0v) is 11.7. The Balaban J connectivity index is 1.68. The van der Waals surface area contributed by atoms with E-state index in [9.17, 15) is 4.79 Å². The highest BCUT2D eigenvalue weighted by atomic mass is 79.9. The minimum Gasteiger partial charge on any atom is -0.381 e. The molecule has 1 aliphatic heterocycles. The summed E-state index contributed by atoms with van der Waals surface area (Å²) < 4.78 is 6.23. The smallest absolute Gasteiger partial charge is 0.238 e. The molecule has 0 aromatic heterocycles. The van der Waals surface area contributed by atoms with Gasteiger partial charge in [0.2, 0.25) is 5.91 Å². The van der Waals surface area contributed by atoms with Gasteiger partial charge >= 0.3 is 0 Å². The molecule has 98 valence electrons. The molecule has 1 aromatic carbocycles. The Morgan fingerprint density at radius 2 is 2.39 bits per heavy atom. The van der Waals surface area contributed by atoms with Crippen molar-refractivity contribution in [1.82, 2.24) is 5.32 Å². The van der Waals surface area contributed by atoms with Crippen LogP contribution in [0.15, 0.2) is 28.7 Å². The van der Waals surface area contributed by atoms with Crippen LogP contribution in [0.4, 0.5) is 5.69 Å². The van der Waals surface area contributed by atoms with Gasteiger partial charge < -0.3 is 15.4 Å². The number of nitrogens with one attached hydrogen (secondary N) is 2. The molecule has 0 aliphatic carbocycles. The average molecular weight is 313 g/mol. The van der Waals surface area contributed by atoms with E-state index in [4.69, 9.17) is 4.74 Å². The summed E-state index contributed by atoms with van der Waals surface area (Å²) in [7, 11) is 0. The molecule has 0 spiro atoms. The predicted molar refractivity (Wildman–Crippen MR) is 74.6 cm³/mol. The predicted octanol–water partition coefficient (Wildman–Crippen LogP) is 2.01. The fourth-order valence-electron chi connectivity index (χ4n) is 1.91. The van der Waals surface area contributed by atoms with Gasteiger partial charge in [-0.2, -0.15) is 0 Å². The van der Waals surface area contributed by atoms with E-state index in [1.165, 1.54) is 0 Å². The minimum absolute atomic E-state index is 0.0213. The van der Waals surface area contributed by atoms with Crippen molar-refractivity contribution < 1.29 is 9.53 Å². The molecular formula is C13H17BrN2O2. The quantitative estimate of drug-likeness (QED) is 0.874. The summed E-state index contributed by atoms with van der Waals surface area (Å²) in [6, 6.07) is 7.56. The Morgan fingerprint density at radius 1 is 1.50 bits per heavy atom. The van der Waals surface area contributed by atoms with E-state index in [-0.39, 0.29) is 5.91 Å². The third kappa shape index (κ3) is 4.40. The largest absolute Gasteiger partial charge is 0.381 e. The zero-order chi connectivity index (χ0) is 12.8. The van der Waals surface area contributed by atoms with Crippen LogP contribution in [0.2, 0.25) is 0 Å². The van der Waals surface area contributed by atoms with Crippen LogP contribution in [0.1, 0.15) is 6.42 Å². The van der Waals surface area contributed by atoms with E-state index in [0.717, 1.165) is 36.3 Å². The topological polar surface area (TPSA) is 50.4 Å². The Labute approximate surface area is 115 Å². The van der Waals surface area contributed by atoms with E-state index in [0.29, 0.717) is 12.5 Å². The lowest BCUT2D eigenvalue weighted by atomic mass is 10.1. The van der Waals surface area contributed by atoms with Crippen LogP contribution in [0.25, 0.3) is 0 Å². The van der Waals surface area contributed by atoms with E-state index < -0.39 is 0 Å². The van der Waals surface area contributed by atoms with Crippen molar-refractivity contribution in [1.29, 1.82) is 0 Å². The van der Waals surface area contributed by atoms with Crippen molar-refractivity contribution in [2.45, 2.75) is 6.42 Å². The number of benzene rings is 1.